The molecule has 3 nitrogen and oxygen atoms in total. The van der Waals surface area contributed by atoms with E-state index >= 15 is 0 Å². The summed E-state index contributed by atoms with van der Waals surface area (Å²) < 4.78 is 5.35. The largest absolute Gasteiger partial charge is 0.497 e. The highest BCUT2D eigenvalue weighted by Gasteiger charge is 2.35. The van der Waals surface area contributed by atoms with E-state index in [1.54, 1.807) is 7.11 Å². The molecule has 112 valence electrons. The summed E-state index contributed by atoms with van der Waals surface area (Å²) in [5.74, 6) is 2.63. The minimum atomic E-state index is 0.154. The van der Waals surface area contributed by atoms with E-state index in [1.165, 1.54) is 12.0 Å². The van der Waals surface area contributed by atoms with Gasteiger partial charge in [-0.05, 0) is 49.4 Å². The SMILES string of the molecule is CCC(N)C(c1cccc(OC)c1)N(C)CC1CC1C. The average molecular weight is 276 g/mol. The molecule has 4 atom stereocenters. The van der Waals surface area contributed by atoms with Crippen molar-refractivity contribution in [1.29, 1.82) is 0 Å². The zero-order valence-electron chi connectivity index (χ0n) is 13.2. The van der Waals surface area contributed by atoms with Crippen LogP contribution in [0.15, 0.2) is 24.3 Å². The third kappa shape index (κ3) is 3.53. The smallest absolute Gasteiger partial charge is 0.119 e. The van der Waals surface area contributed by atoms with E-state index in [4.69, 9.17) is 10.5 Å². The van der Waals surface area contributed by atoms with Gasteiger partial charge in [0.25, 0.3) is 0 Å². The molecular weight excluding hydrogens is 248 g/mol. The molecule has 4 unspecified atom stereocenters. The molecule has 0 spiro atoms. The van der Waals surface area contributed by atoms with Crippen LogP contribution in [0.2, 0.25) is 0 Å². The van der Waals surface area contributed by atoms with Crippen LogP contribution in [-0.4, -0.2) is 31.6 Å². The predicted octanol–water partition coefficient (Wildman–Crippen LogP) is 3.06. The highest BCUT2D eigenvalue weighted by molar-refractivity contribution is 5.31. The van der Waals surface area contributed by atoms with E-state index in [0.29, 0.717) is 0 Å². The first-order valence-electron chi connectivity index (χ1n) is 7.66. The van der Waals surface area contributed by atoms with Crippen molar-refractivity contribution in [2.24, 2.45) is 17.6 Å². The third-order valence-electron chi connectivity index (χ3n) is 4.59. The van der Waals surface area contributed by atoms with Crippen LogP contribution in [-0.2, 0) is 0 Å². The number of benzene rings is 1. The summed E-state index contributed by atoms with van der Waals surface area (Å²) in [5, 5.41) is 0. The Balaban J connectivity index is 2.17. The maximum Gasteiger partial charge on any atom is 0.119 e. The molecule has 1 aliphatic carbocycles. The standard InChI is InChI=1S/C17H28N2O/c1-5-16(18)17(19(3)11-14-9-12(14)2)13-7-6-8-15(10-13)20-4/h6-8,10,12,14,16-17H,5,9,11,18H2,1-4H3. The molecule has 3 heteroatoms. The molecule has 0 bridgehead atoms. The Morgan fingerprint density at radius 3 is 2.70 bits per heavy atom. The molecule has 0 heterocycles. The summed E-state index contributed by atoms with van der Waals surface area (Å²) in [6, 6.07) is 8.74. The van der Waals surface area contributed by atoms with Gasteiger partial charge >= 0.3 is 0 Å². The first-order valence-corrected chi connectivity index (χ1v) is 7.66. The van der Waals surface area contributed by atoms with Gasteiger partial charge in [0, 0.05) is 18.6 Å². The molecule has 0 saturated heterocycles. The van der Waals surface area contributed by atoms with Gasteiger partial charge in [0.15, 0.2) is 0 Å². The van der Waals surface area contributed by atoms with Crippen LogP contribution >= 0.6 is 0 Å². The quantitative estimate of drug-likeness (QED) is 0.832. The molecule has 0 aromatic heterocycles. The molecule has 1 aromatic rings. The maximum atomic E-state index is 6.39. The number of hydrogen-bond donors (Lipinski definition) is 1. The Morgan fingerprint density at radius 1 is 1.45 bits per heavy atom. The molecule has 0 aliphatic heterocycles. The Hall–Kier alpha value is -1.06. The van der Waals surface area contributed by atoms with Crippen molar-refractivity contribution in [2.75, 3.05) is 20.7 Å². The van der Waals surface area contributed by atoms with E-state index < -0.39 is 0 Å². The zero-order chi connectivity index (χ0) is 14.7. The van der Waals surface area contributed by atoms with Gasteiger partial charge in [-0.3, -0.25) is 4.90 Å². The molecule has 1 fully saturated rings. The molecule has 20 heavy (non-hydrogen) atoms. The van der Waals surface area contributed by atoms with Gasteiger partial charge in [-0.1, -0.05) is 26.0 Å². The third-order valence-corrected chi connectivity index (χ3v) is 4.59. The number of rotatable bonds is 7. The molecule has 1 aliphatic rings. The van der Waals surface area contributed by atoms with Crippen molar-refractivity contribution < 1.29 is 4.74 Å². The van der Waals surface area contributed by atoms with Gasteiger partial charge in [-0.25, -0.2) is 0 Å². The second-order valence-corrected chi connectivity index (χ2v) is 6.21. The molecule has 1 aromatic carbocycles. The highest BCUT2D eigenvalue weighted by Crippen LogP contribution is 2.40. The number of methoxy groups -OCH3 is 1. The van der Waals surface area contributed by atoms with Crippen LogP contribution < -0.4 is 10.5 Å². The first-order chi connectivity index (χ1) is 9.56. The topological polar surface area (TPSA) is 38.5 Å². The normalized spacial score (nSPS) is 24.5. The lowest BCUT2D eigenvalue weighted by Gasteiger charge is -2.33. The zero-order valence-corrected chi connectivity index (χ0v) is 13.2. The Kier molecular flexibility index (Phi) is 5.06. The van der Waals surface area contributed by atoms with E-state index in [1.807, 2.05) is 6.07 Å². The van der Waals surface area contributed by atoms with Crippen molar-refractivity contribution in [3.8, 4) is 5.75 Å². The summed E-state index contributed by atoms with van der Waals surface area (Å²) in [7, 11) is 3.91. The van der Waals surface area contributed by atoms with Crippen molar-refractivity contribution in [3.63, 3.8) is 0 Å². The van der Waals surface area contributed by atoms with Crippen molar-refractivity contribution in [3.05, 3.63) is 29.8 Å². The molecule has 1 saturated carbocycles. The summed E-state index contributed by atoms with van der Waals surface area (Å²) in [4.78, 5) is 2.43. The molecule has 0 amide bonds. The fraction of sp³-hybridized carbons (Fsp3) is 0.647. The van der Waals surface area contributed by atoms with E-state index in [-0.39, 0.29) is 12.1 Å². The second kappa shape index (κ2) is 6.59. The van der Waals surface area contributed by atoms with Gasteiger partial charge in [-0.2, -0.15) is 0 Å². The monoisotopic (exact) mass is 276 g/mol. The molecular formula is C17H28N2O. The van der Waals surface area contributed by atoms with Crippen LogP contribution in [0.3, 0.4) is 0 Å². The van der Waals surface area contributed by atoms with E-state index in [2.05, 4.69) is 44.0 Å². The minimum Gasteiger partial charge on any atom is -0.497 e. The van der Waals surface area contributed by atoms with Gasteiger partial charge in [0.1, 0.15) is 5.75 Å². The lowest BCUT2D eigenvalue weighted by atomic mass is 9.96. The summed E-state index contributed by atoms with van der Waals surface area (Å²) in [6.45, 7) is 5.63. The van der Waals surface area contributed by atoms with Crippen LogP contribution in [0.1, 0.15) is 38.3 Å². The Bertz CT molecular complexity index is 435. The Labute approximate surface area is 123 Å². The van der Waals surface area contributed by atoms with Gasteiger partial charge in [0.05, 0.1) is 7.11 Å². The number of nitrogens with zero attached hydrogens (tertiary/aromatic N) is 1. The maximum absolute atomic E-state index is 6.39. The predicted molar refractivity (Wildman–Crippen MR) is 83.9 cm³/mol. The van der Waals surface area contributed by atoms with Gasteiger partial charge in [0.2, 0.25) is 0 Å². The number of ether oxygens (including phenoxy) is 1. The van der Waals surface area contributed by atoms with Crippen LogP contribution in [0.4, 0.5) is 0 Å². The van der Waals surface area contributed by atoms with Crippen molar-refractivity contribution in [1.82, 2.24) is 4.90 Å². The molecule has 2 rings (SSSR count). The number of likely N-dealkylation sites (N-methyl/N-ethyl adjacent to an activating group) is 1. The van der Waals surface area contributed by atoms with Gasteiger partial charge in [-0.15, -0.1) is 0 Å². The minimum absolute atomic E-state index is 0.154. The van der Waals surface area contributed by atoms with E-state index in [0.717, 1.165) is 30.6 Å². The molecule has 2 N–H and O–H groups in total. The lowest BCUT2D eigenvalue weighted by Crippen LogP contribution is -2.39. The molecule has 0 radical (unpaired) electrons. The van der Waals surface area contributed by atoms with Crippen LogP contribution in [0, 0.1) is 11.8 Å². The fourth-order valence-corrected chi connectivity index (χ4v) is 3.01. The van der Waals surface area contributed by atoms with E-state index in [9.17, 15) is 0 Å². The van der Waals surface area contributed by atoms with Gasteiger partial charge < -0.3 is 10.5 Å². The highest BCUT2D eigenvalue weighted by atomic mass is 16.5. The number of nitrogens with two attached hydrogens (primary N) is 1. The van der Waals surface area contributed by atoms with Crippen molar-refractivity contribution in [2.45, 2.75) is 38.8 Å². The summed E-state index contributed by atoms with van der Waals surface area (Å²) in [5.41, 5.74) is 7.65. The first kappa shape index (κ1) is 15.3. The fourth-order valence-electron chi connectivity index (χ4n) is 3.01. The lowest BCUT2D eigenvalue weighted by molar-refractivity contribution is 0.199. The number of hydrogen-bond acceptors (Lipinski definition) is 3. The van der Waals surface area contributed by atoms with Crippen LogP contribution in [0.5, 0.6) is 5.75 Å². The Morgan fingerprint density at radius 2 is 2.15 bits per heavy atom. The van der Waals surface area contributed by atoms with Crippen molar-refractivity contribution >= 4 is 0 Å². The summed E-state index contributed by atoms with van der Waals surface area (Å²) in [6.07, 6.45) is 2.34. The second-order valence-electron chi connectivity index (χ2n) is 6.21. The average Bonchev–Trinajstić information content (AvgIpc) is 3.14. The van der Waals surface area contributed by atoms with Crippen LogP contribution in [0.25, 0.3) is 0 Å². The summed E-state index contributed by atoms with van der Waals surface area (Å²) >= 11 is 0.